The van der Waals surface area contributed by atoms with Crippen molar-refractivity contribution >= 4 is 11.3 Å². The molecular formula is C20H13F6N7O3. The number of pyridine rings is 1. The van der Waals surface area contributed by atoms with Crippen molar-refractivity contribution in [2.75, 3.05) is 18.0 Å². The van der Waals surface area contributed by atoms with Gasteiger partial charge in [0.25, 0.3) is 5.56 Å². The van der Waals surface area contributed by atoms with E-state index >= 15 is 0 Å². The maximum atomic E-state index is 14.9. The molecule has 1 unspecified atom stereocenters. The van der Waals surface area contributed by atoms with Crippen LogP contribution in [0.25, 0.3) is 16.9 Å². The molecule has 0 spiro atoms. The molecule has 0 aromatic carbocycles. The van der Waals surface area contributed by atoms with E-state index in [1.54, 1.807) is 0 Å². The first-order chi connectivity index (χ1) is 16.9. The number of anilines is 1. The van der Waals surface area contributed by atoms with E-state index in [-0.39, 0.29) is 22.6 Å². The Morgan fingerprint density at radius 2 is 1.94 bits per heavy atom. The molecule has 36 heavy (non-hydrogen) atoms. The molecule has 4 aromatic heterocycles. The van der Waals surface area contributed by atoms with Crippen LogP contribution in [0.1, 0.15) is 5.69 Å². The minimum absolute atomic E-state index is 0.0500. The Morgan fingerprint density at radius 1 is 1.17 bits per heavy atom. The highest BCUT2D eigenvalue weighted by Crippen LogP contribution is 2.37. The number of H-pyrrole nitrogens is 2. The van der Waals surface area contributed by atoms with Crippen LogP contribution in [0, 0.1) is 5.95 Å². The third-order valence-corrected chi connectivity index (χ3v) is 5.40. The number of nitrogens with zero attached hydrogens (tertiary/aromatic N) is 5. The highest BCUT2D eigenvalue weighted by molar-refractivity contribution is 5.74. The SMILES string of the molecule is O=c1[nH]cc(-c2cc(N3CC(Oc4ccnc(C(F)(F)F)c4)C(F)(F)C3)c3ncc(F)n3n2)c(=O)[nH]1. The summed E-state index contributed by atoms with van der Waals surface area (Å²) in [4.78, 5) is 35.9. The van der Waals surface area contributed by atoms with E-state index in [0.717, 1.165) is 29.6 Å². The number of rotatable bonds is 4. The molecule has 16 heteroatoms. The molecule has 4 aromatic rings. The van der Waals surface area contributed by atoms with Crippen LogP contribution < -0.4 is 20.9 Å². The average Bonchev–Trinajstić information content (AvgIpc) is 3.32. The standard InChI is InChI=1S/C20H13F6N7O3/c21-15-6-28-16-12(4-11(31-33(15)16)10-5-29-18(35)30-17(10)34)32-7-14(19(22,23)8-32)36-9-1-2-27-13(3-9)20(24,25)26/h1-6,14H,7-8H2,(H2,29,30,34,35). The second-order valence-corrected chi connectivity index (χ2v) is 7.84. The molecule has 2 N–H and O–H groups in total. The number of nitrogens with one attached hydrogen (secondary N) is 2. The maximum absolute atomic E-state index is 14.9. The first kappa shape index (κ1) is 23.4. The van der Waals surface area contributed by atoms with E-state index in [0.29, 0.717) is 10.6 Å². The molecule has 0 saturated carbocycles. The van der Waals surface area contributed by atoms with E-state index in [4.69, 9.17) is 4.74 Å². The number of aromatic amines is 2. The fourth-order valence-electron chi connectivity index (χ4n) is 3.76. The topological polar surface area (TPSA) is 121 Å². The molecule has 1 aliphatic heterocycles. The molecule has 0 bridgehead atoms. The summed E-state index contributed by atoms with van der Waals surface area (Å²) in [5.74, 6) is -4.96. The van der Waals surface area contributed by atoms with Gasteiger partial charge in [-0.05, 0) is 12.1 Å². The van der Waals surface area contributed by atoms with Gasteiger partial charge in [-0.2, -0.15) is 27.2 Å². The summed E-state index contributed by atoms with van der Waals surface area (Å²) in [6, 6.07) is 2.73. The molecule has 0 aliphatic carbocycles. The van der Waals surface area contributed by atoms with Gasteiger partial charge in [0.15, 0.2) is 11.8 Å². The molecule has 1 aliphatic rings. The Bertz CT molecular complexity index is 1580. The lowest BCUT2D eigenvalue weighted by Gasteiger charge is -2.19. The van der Waals surface area contributed by atoms with Gasteiger partial charge >= 0.3 is 17.8 Å². The third-order valence-electron chi connectivity index (χ3n) is 5.40. The number of halogens is 6. The Hall–Kier alpha value is -4.37. The monoisotopic (exact) mass is 513 g/mol. The molecule has 1 fully saturated rings. The zero-order chi connectivity index (χ0) is 25.8. The molecule has 188 valence electrons. The predicted octanol–water partition coefficient (Wildman–Crippen LogP) is 2.23. The largest absolute Gasteiger partial charge is 0.482 e. The van der Waals surface area contributed by atoms with Crippen LogP contribution in [0.2, 0.25) is 0 Å². The van der Waals surface area contributed by atoms with E-state index in [2.05, 4.69) is 20.1 Å². The van der Waals surface area contributed by atoms with Gasteiger partial charge in [-0.25, -0.2) is 18.6 Å². The Labute approximate surface area is 195 Å². The lowest BCUT2D eigenvalue weighted by atomic mass is 10.2. The molecule has 0 radical (unpaired) electrons. The molecule has 5 rings (SSSR count). The van der Waals surface area contributed by atoms with Crippen LogP contribution >= 0.6 is 0 Å². The first-order valence-corrected chi connectivity index (χ1v) is 10.1. The van der Waals surface area contributed by atoms with Gasteiger partial charge in [0.05, 0.1) is 30.5 Å². The van der Waals surface area contributed by atoms with Crippen molar-refractivity contribution in [3.8, 4) is 17.0 Å². The highest BCUT2D eigenvalue weighted by Gasteiger charge is 2.51. The lowest BCUT2D eigenvalue weighted by Crippen LogP contribution is -2.36. The Balaban J connectivity index is 1.52. The molecule has 1 saturated heterocycles. The number of ether oxygens (including phenoxy) is 1. The van der Waals surface area contributed by atoms with Crippen LogP contribution in [-0.4, -0.2) is 54.7 Å². The second-order valence-electron chi connectivity index (χ2n) is 7.84. The van der Waals surface area contributed by atoms with Gasteiger partial charge < -0.3 is 14.6 Å². The molecular weight excluding hydrogens is 500 g/mol. The summed E-state index contributed by atoms with van der Waals surface area (Å²) in [6.45, 7) is -1.48. The summed E-state index contributed by atoms with van der Waals surface area (Å²) in [7, 11) is 0. The zero-order valence-corrected chi connectivity index (χ0v) is 17.7. The van der Waals surface area contributed by atoms with Crippen LogP contribution in [0.4, 0.5) is 32.0 Å². The summed E-state index contributed by atoms with van der Waals surface area (Å²) in [5, 5.41) is 3.96. The third kappa shape index (κ3) is 4.14. The van der Waals surface area contributed by atoms with Crippen molar-refractivity contribution in [1.82, 2.24) is 29.5 Å². The zero-order valence-electron chi connectivity index (χ0n) is 17.7. The maximum Gasteiger partial charge on any atom is 0.433 e. The van der Waals surface area contributed by atoms with Crippen molar-refractivity contribution in [3.63, 3.8) is 0 Å². The Morgan fingerprint density at radius 3 is 2.67 bits per heavy atom. The molecule has 1 atom stereocenters. The van der Waals surface area contributed by atoms with Crippen LogP contribution in [-0.2, 0) is 6.18 Å². The molecule has 10 nitrogen and oxygen atoms in total. The number of alkyl halides is 5. The van der Waals surface area contributed by atoms with Crippen molar-refractivity contribution in [2.45, 2.75) is 18.2 Å². The van der Waals surface area contributed by atoms with Gasteiger partial charge in [-0.3, -0.25) is 14.8 Å². The van der Waals surface area contributed by atoms with Gasteiger partial charge in [0.1, 0.15) is 17.1 Å². The fraction of sp³-hybridized carbons (Fsp3) is 0.250. The first-order valence-electron chi connectivity index (χ1n) is 10.1. The summed E-state index contributed by atoms with van der Waals surface area (Å²) < 4.78 is 88.8. The minimum atomic E-state index is -4.80. The van der Waals surface area contributed by atoms with Gasteiger partial charge in [0, 0.05) is 18.5 Å². The molecule has 0 amide bonds. The van der Waals surface area contributed by atoms with Gasteiger partial charge in [-0.15, -0.1) is 0 Å². The number of fused-ring (bicyclic) bond motifs is 1. The quantitative estimate of drug-likeness (QED) is 0.402. The van der Waals surface area contributed by atoms with Crippen LogP contribution in [0.3, 0.4) is 0 Å². The minimum Gasteiger partial charge on any atom is -0.482 e. The van der Waals surface area contributed by atoms with Gasteiger partial charge in [0.2, 0.25) is 5.95 Å². The van der Waals surface area contributed by atoms with Crippen molar-refractivity contribution in [1.29, 1.82) is 0 Å². The van der Waals surface area contributed by atoms with Crippen molar-refractivity contribution < 1.29 is 31.1 Å². The van der Waals surface area contributed by atoms with Crippen molar-refractivity contribution in [3.05, 3.63) is 69.3 Å². The average molecular weight is 513 g/mol. The normalized spacial score (nSPS) is 17.6. The van der Waals surface area contributed by atoms with E-state index in [1.807, 2.05) is 4.98 Å². The van der Waals surface area contributed by atoms with E-state index < -0.39 is 59.9 Å². The van der Waals surface area contributed by atoms with Crippen LogP contribution in [0.15, 0.2) is 46.4 Å². The smallest absolute Gasteiger partial charge is 0.433 e. The Kier molecular flexibility index (Phi) is 5.26. The lowest BCUT2D eigenvalue weighted by molar-refractivity contribution is -0.141. The fourth-order valence-corrected chi connectivity index (χ4v) is 3.76. The number of hydrogen-bond donors (Lipinski definition) is 2. The number of hydrogen-bond acceptors (Lipinski definition) is 7. The predicted molar refractivity (Wildman–Crippen MR) is 110 cm³/mol. The number of imidazole rings is 1. The second kappa shape index (κ2) is 8.10. The molecule has 5 heterocycles. The van der Waals surface area contributed by atoms with E-state index in [1.165, 1.54) is 6.07 Å². The van der Waals surface area contributed by atoms with Crippen LogP contribution in [0.5, 0.6) is 5.75 Å². The van der Waals surface area contributed by atoms with Crippen molar-refractivity contribution in [2.24, 2.45) is 0 Å². The van der Waals surface area contributed by atoms with E-state index in [9.17, 15) is 35.9 Å². The highest BCUT2D eigenvalue weighted by atomic mass is 19.4. The summed E-state index contributed by atoms with van der Waals surface area (Å²) in [5.41, 5.74) is -3.52. The number of aromatic nitrogens is 6. The summed E-state index contributed by atoms with van der Waals surface area (Å²) in [6.07, 6.45) is -4.07. The van der Waals surface area contributed by atoms with Gasteiger partial charge in [-0.1, -0.05) is 0 Å². The summed E-state index contributed by atoms with van der Waals surface area (Å²) >= 11 is 0.